The van der Waals surface area contributed by atoms with Crippen molar-refractivity contribution in [3.63, 3.8) is 0 Å². The Hall–Kier alpha value is -2.49. The fourth-order valence-corrected chi connectivity index (χ4v) is 2.01. The number of hydrogen-bond acceptors (Lipinski definition) is 3. The zero-order valence-electron chi connectivity index (χ0n) is 12.3. The van der Waals surface area contributed by atoms with Gasteiger partial charge in [0.2, 0.25) is 5.91 Å². The number of carbonyl (C=O) groups excluding carboxylic acids is 1. The summed E-state index contributed by atoms with van der Waals surface area (Å²) in [4.78, 5) is 13.0. The molecular weight excluding hydrogens is 264 g/mol. The quantitative estimate of drug-likeness (QED) is 0.887. The molecule has 2 rings (SSSR count). The minimum absolute atomic E-state index is 0.0448. The summed E-state index contributed by atoms with van der Waals surface area (Å²) in [6, 6.07) is 15.1. The first kappa shape index (κ1) is 14.9. The summed E-state index contributed by atoms with van der Waals surface area (Å²) >= 11 is 0. The van der Waals surface area contributed by atoms with Crippen LogP contribution in [0.4, 0.5) is 5.69 Å². The third kappa shape index (κ3) is 4.24. The minimum atomic E-state index is 0.0448. The standard InChI is InChI=1S/C17H20N2O2/c1-13(20)19(2)12-15-5-3-4-6-17(15)18-11-14-7-9-16(21)10-8-14/h3-10,18,21H,11-12H2,1-2H3. The lowest BCUT2D eigenvalue weighted by atomic mass is 10.1. The average molecular weight is 284 g/mol. The normalized spacial score (nSPS) is 10.2. The molecule has 0 spiro atoms. The van der Waals surface area contributed by atoms with E-state index in [0.717, 1.165) is 16.8 Å². The molecule has 4 heteroatoms. The monoisotopic (exact) mass is 284 g/mol. The zero-order chi connectivity index (χ0) is 15.2. The third-order valence-corrected chi connectivity index (χ3v) is 3.38. The van der Waals surface area contributed by atoms with Crippen LogP contribution in [0.1, 0.15) is 18.1 Å². The van der Waals surface area contributed by atoms with Crippen LogP contribution >= 0.6 is 0 Å². The van der Waals surface area contributed by atoms with Crippen molar-refractivity contribution in [1.82, 2.24) is 4.90 Å². The van der Waals surface area contributed by atoms with E-state index < -0.39 is 0 Å². The van der Waals surface area contributed by atoms with Crippen LogP contribution in [-0.4, -0.2) is 23.0 Å². The molecule has 0 radical (unpaired) electrons. The molecule has 0 bridgehead atoms. The minimum Gasteiger partial charge on any atom is -0.508 e. The molecule has 2 aromatic rings. The van der Waals surface area contributed by atoms with E-state index in [1.165, 1.54) is 0 Å². The van der Waals surface area contributed by atoms with Crippen LogP contribution in [0.5, 0.6) is 5.75 Å². The molecule has 0 aliphatic carbocycles. The Kier molecular flexibility index (Phi) is 4.82. The molecule has 0 saturated heterocycles. The van der Waals surface area contributed by atoms with Crippen LogP contribution in [0.2, 0.25) is 0 Å². The molecule has 4 nitrogen and oxygen atoms in total. The predicted molar refractivity (Wildman–Crippen MR) is 84.0 cm³/mol. The predicted octanol–water partition coefficient (Wildman–Crippen LogP) is 2.98. The van der Waals surface area contributed by atoms with Gasteiger partial charge in [0.25, 0.3) is 0 Å². The van der Waals surface area contributed by atoms with Crippen LogP contribution in [-0.2, 0) is 17.9 Å². The second-order valence-corrected chi connectivity index (χ2v) is 5.05. The molecule has 0 aliphatic heterocycles. The first-order chi connectivity index (χ1) is 10.1. The summed E-state index contributed by atoms with van der Waals surface area (Å²) in [6.45, 7) is 2.81. The number of para-hydroxylation sites is 1. The van der Waals surface area contributed by atoms with Crippen molar-refractivity contribution in [3.8, 4) is 5.75 Å². The van der Waals surface area contributed by atoms with Gasteiger partial charge in [0.05, 0.1) is 0 Å². The van der Waals surface area contributed by atoms with E-state index in [4.69, 9.17) is 0 Å². The Morgan fingerprint density at radius 2 is 1.81 bits per heavy atom. The molecule has 1 amide bonds. The molecule has 110 valence electrons. The first-order valence-corrected chi connectivity index (χ1v) is 6.87. The highest BCUT2D eigenvalue weighted by Crippen LogP contribution is 2.18. The van der Waals surface area contributed by atoms with Crippen LogP contribution in [0.15, 0.2) is 48.5 Å². The largest absolute Gasteiger partial charge is 0.508 e. The second-order valence-electron chi connectivity index (χ2n) is 5.05. The van der Waals surface area contributed by atoms with Crippen molar-refractivity contribution < 1.29 is 9.90 Å². The van der Waals surface area contributed by atoms with Gasteiger partial charge < -0.3 is 15.3 Å². The van der Waals surface area contributed by atoms with E-state index in [9.17, 15) is 9.90 Å². The number of anilines is 1. The Labute approximate surface area is 125 Å². The molecule has 0 saturated carbocycles. The van der Waals surface area contributed by atoms with Crippen molar-refractivity contribution in [2.45, 2.75) is 20.0 Å². The number of benzene rings is 2. The number of phenolic OH excluding ortho intramolecular Hbond substituents is 1. The van der Waals surface area contributed by atoms with Crippen molar-refractivity contribution in [2.75, 3.05) is 12.4 Å². The highest BCUT2D eigenvalue weighted by molar-refractivity contribution is 5.73. The highest BCUT2D eigenvalue weighted by Gasteiger charge is 2.07. The molecule has 2 aromatic carbocycles. The summed E-state index contributed by atoms with van der Waals surface area (Å²) in [5.41, 5.74) is 3.18. The number of nitrogens with one attached hydrogen (secondary N) is 1. The second kappa shape index (κ2) is 6.79. The summed E-state index contributed by atoms with van der Waals surface area (Å²) < 4.78 is 0. The third-order valence-electron chi connectivity index (χ3n) is 3.38. The Morgan fingerprint density at radius 1 is 1.14 bits per heavy atom. The van der Waals surface area contributed by atoms with Crippen LogP contribution in [0.3, 0.4) is 0 Å². The van der Waals surface area contributed by atoms with E-state index >= 15 is 0 Å². The number of rotatable bonds is 5. The van der Waals surface area contributed by atoms with Gasteiger partial charge in [-0.15, -0.1) is 0 Å². The summed E-state index contributed by atoms with van der Waals surface area (Å²) in [5.74, 6) is 0.311. The van der Waals surface area contributed by atoms with Gasteiger partial charge in [0, 0.05) is 32.7 Å². The first-order valence-electron chi connectivity index (χ1n) is 6.87. The van der Waals surface area contributed by atoms with Crippen molar-refractivity contribution in [2.24, 2.45) is 0 Å². The topological polar surface area (TPSA) is 52.6 Å². The van der Waals surface area contributed by atoms with Gasteiger partial charge in [-0.25, -0.2) is 0 Å². The lowest BCUT2D eigenvalue weighted by Crippen LogP contribution is -2.23. The lowest BCUT2D eigenvalue weighted by Gasteiger charge is -2.18. The van der Waals surface area contributed by atoms with Crippen molar-refractivity contribution >= 4 is 11.6 Å². The van der Waals surface area contributed by atoms with E-state index in [0.29, 0.717) is 13.1 Å². The molecule has 0 unspecified atom stereocenters. The number of hydrogen-bond donors (Lipinski definition) is 2. The van der Waals surface area contributed by atoms with E-state index in [2.05, 4.69) is 5.32 Å². The zero-order valence-corrected chi connectivity index (χ0v) is 12.3. The number of nitrogens with zero attached hydrogens (tertiary/aromatic N) is 1. The molecule has 0 atom stereocenters. The van der Waals surface area contributed by atoms with Gasteiger partial charge >= 0.3 is 0 Å². The molecule has 0 heterocycles. The Balaban J connectivity index is 2.06. The SMILES string of the molecule is CC(=O)N(C)Cc1ccccc1NCc1ccc(O)cc1. The van der Waals surface area contributed by atoms with E-state index in [1.807, 2.05) is 36.4 Å². The van der Waals surface area contributed by atoms with Gasteiger partial charge in [-0.05, 0) is 29.3 Å². The Bertz CT molecular complexity index is 608. The van der Waals surface area contributed by atoms with Gasteiger partial charge in [0.15, 0.2) is 0 Å². The highest BCUT2D eigenvalue weighted by atomic mass is 16.3. The van der Waals surface area contributed by atoms with Gasteiger partial charge in [-0.2, -0.15) is 0 Å². The molecule has 2 N–H and O–H groups in total. The van der Waals surface area contributed by atoms with Crippen LogP contribution < -0.4 is 5.32 Å². The smallest absolute Gasteiger partial charge is 0.219 e. The number of aromatic hydroxyl groups is 1. The summed E-state index contributed by atoms with van der Waals surface area (Å²) in [6.07, 6.45) is 0. The fourth-order valence-electron chi connectivity index (χ4n) is 2.01. The fraction of sp³-hybridized carbons (Fsp3) is 0.235. The number of phenols is 1. The van der Waals surface area contributed by atoms with Crippen LogP contribution in [0.25, 0.3) is 0 Å². The molecule has 0 aromatic heterocycles. The molecule has 0 aliphatic rings. The number of carbonyl (C=O) groups is 1. The van der Waals surface area contributed by atoms with Gasteiger partial charge in [0.1, 0.15) is 5.75 Å². The molecular formula is C17H20N2O2. The maximum absolute atomic E-state index is 11.4. The molecule has 0 fully saturated rings. The summed E-state index contributed by atoms with van der Waals surface area (Å²) in [5, 5.41) is 12.7. The Morgan fingerprint density at radius 3 is 2.48 bits per heavy atom. The number of amides is 1. The van der Waals surface area contributed by atoms with Gasteiger partial charge in [-0.3, -0.25) is 4.79 Å². The summed E-state index contributed by atoms with van der Waals surface area (Å²) in [7, 11) is 1.79. The lowest BCUT2D eigenvalue weighted by molar-refractivity contribution is -0.128. The van der Waals surface area contributed by atoms with Crippen molar-refractivity contribution in [1.29, 1.82) is 0 Å². The maximum atomic E-state index is 11.4. The van der Waals surface area contributed by atoms with E-state index in [-0.39, 0.29) is 11.7 Å². The van der Waals surface area contributed by atoms with Crippen LogP contribution in [0, 0.1) is 0 Å². The van der Waals surface area contributed by atoms with Gasteiger partial charge in [-0.1, -0.05) is 30.3 Å². The van der Waals surface area contributed by atoms with E-state index in [1.54, 1.807) is 31.0 Å². The van der Waals surface area contributed by atoms with Crippen molar-refractivity contribution in [3.05, 3.63) is 59.7 Å². The average Bonchev–Trinajstić information content (AvgIpc) is 2.48. The maximum Gasteiger partial charge on any atom is 0.219 e. The molecule has 21 heavy (non-hydrogen) atoms.